The normalized spacial score (nSPS) is 14.7. The summed E-state index contributed by atoms with van der Waals surface area (Å²) in [6.45, 7) is 10.0. The topological polar surface area (TPSA) is 45.6 Å². The summed E-state index contributed by atoms with van der Waals surface area (Å²) in [5.74, 6) is -0.609. The summed E-state index contributed by atoms with van der Waals surface area (Å²) >= 11 is 0. The first-order valence-corrected chi connectivity index (χ1v) is 9.32. The van der Waals surface area contributed by atoms with E-state index >= 15 is 0 Å². The van der Waals surface area contributed by atoms with E-state index < -0.39 is 5.82 Å². The highest BCUT2D eigenvalue weighted by Gasteiger charge is 2.27. The summed E-state index contributed by atoms with van der Waals surface area (Å²) in [6, 6.07) is 7.97. The molecule has 0 unspecified atom stereocenters. The molecule has 0 saturated carbocycles. The lowest BCUT2D eigenvalue weighted by Crippen LogP contribution is -2.50. The second-order valence-corrected chi connectivity index (χ2v) is 7.34. The van der Waals surface area contributed by atoms with Gasteiger partial charge < -0.3 is 14.4 Å². The van der Waals surface area contributed by atoms with Crippen LogP contribution < -0.4 is 0 Å². The molecule has 1 aromatic heterocycles. The van der Waals surface area contributed by atoms with Gasteiger partial charge >= 0.3 is 0 Å². The Morgan fingerprint density at radius 2 is 1.56 bits per heavy atom. The molecule has 1 aliphatic heterocycles. The predicted octanol–water partition coefficient (Wildman–Crippen LogP) is 3.42. The number of hydrogen-bond acceptors (Lipinski definition) is 2. The van der Waals surface area contributed by atoms with E-state index in [9.17, 15) is 14.0 Å². The van der Waals surface area contributed by atoms with Gasteiger partial charge in [0.15, 0.2) is 0 Å². The van der Waals surface area contributed by atoms with Crippen molar-refractivity contribution in [3.63, 3.8) is 0 Å². The standard InChI is InChI=1S/C21H26FN3O2/c1-14(2)25-15(3)12-19(16(25)4)21(27)24-10-8-23(9-11-24)20(26)17-6-5-7-18(22)13-17/h5-7,12-14H,8-11H2,1-4H3. The Hall–Kier alpha value is -2.63. The fourth-order valence-corrected chi connectivity index (χ4v) is 3.88. The predicted molar refractivity (Wildman–Crippen MR) is 102 cm³/mol. The van der Waals surface area contributed by atoms with Gasteiger partial charge in [-0.1, -0.05) is 6.07 Å². The van der Waals surface area contributed by atoms with Crippen LogP contribution in [-0.2, 0) is 0 Å². The van der Waals surface area contributed by atoms with Gasteiger partial charge in [0.1, 0.15) is 5.82 Å². The van der Waals surface area contributed by atoms with Crippen LogP contribution in [0, 0.1) is 19.7 Å². The number of benzene rings is 1. The SMILES string of the molecule is Cc1cc(C(=O)N2CCN(C(=O)c3cccc(F)c3)CC2)c(C)n1C(C)C. The zero-order valence-electron chi connectivity index (χ0n) is 16.3. The molecular formula is C21H26FN3O2. The van der Waals surface area contributed by atoms with Crippen LogP contribution in [0.5, 0.6) is 0 Å². The third kappa shape index (κ3) is 3.75. The van der Waals surface area contributed by atoms with Crippen LogP contribution in [0.4, 0.5) is 4.39 Å². The van der Waals surface area contributed by atoms with Crippen molar-refractivity contribution in [3.8, 4) is 0 Å². The molecular weight excluding hydrogens is 345 g/mol. The van der Waals surface area contributed by atoms with E-state index in [1.807, 2.05) is 19.9 Å². The number of carbonyl (C=O) groups excluding carboxylic acids is 2. The number of nitrogens with zero attached hydrogens (tertiary/aromatic N) is 3. The van der Waals surface area contributed by atoms with E-state index in [0.717, 1.165) is 17.0 Å². The maximum absolute atomic E-state index is 13.4. The third-order valence-electron chi connectivity index (χ3n) is 5.16. The molecule has 27 heavy (non-hydrogen) atoms. The Morgan fingerprint density at radius 1 is 0.963 bits per heavy atom. The summed E-state index contributed by atoms with van der Waals surface area (Å²) in [6.07, 6.45) is 0. The van der Waals surface area contributed by atoms with E-state index in [2.05, 4.69) is 18.4 Å². The molecule has 2 aromatic rings. The van der Waals surface area contributed by atoms with E-state index in [1.54, 1.807) is 15.9 Å². The number of amides is 2. The monoisotopic (exact) mass is 371 g/mol. The van der Waals surface area contributed by atoms with Crippen LogP contribution in [-0.4, -0.2) is 52.4 Å². The van der Waals surface area contributed by atoms with Crippen molar-refractivity contribution < 1.29 is 14.0 Å². The summed E-state index contributed by atoms with van der Waals surface area (Å²) in [4.78, 5) is 29.0. The Balaban J connectivity index is 1.68. The van der Waals surface area contributed by atoms with Crippen molar-refractivity contribution in [2.24, 2.45) is 0 Å². The molecule has 1 aromatic carbocycles. The molecule has 0 radical (unpaired) electrons. The number of aromatic nitrogens is 1. The fourth-order valence-electron chi connectivity index (χ4n) is 3.88. The number of piperazine rings is 1. The molecule has 6 heteroatoms. The van der Waals surface area contributed by atoms with Gasteiger partial charge in [-0.05, 0) is 52.0 Å². The Labute approximate surface area is 159 Å². The lowest BCUT2D eigenvalue weighted by atomic mass is 10.1. The fraction of sp³-hybridized carbons (Fsp3) is 0.429. The van der Waals surface area contributed by atoms with Crippen molar-refractivity contribution in [2.75, 3.05) is 26.2 Å². The summed E-state index contributed by atoms with van der Waals surface area (Å²) in [5, 5.41) is 0. The minimum Gasteiger partial charge on any atom is -0.346 e. The molecule has 1 saturated heterocycles. The molecule has 2 heterocycles. The zero-order valence-corrected chi connectivity index (χ0v) is 16.3. The van der Waals surface area contributed by atoms with Gasteiger partial charge in [0, 0.05) is 49.2 Å². The second kappa shape index (κ2) is 7.55. The summed E-state index contributed by atoms with van der Waals surface area (Å²) < 4.78 is 15.5. The van der Waals surface area contributed by atoms with E-state index in [0.29, 0.717) is 37.8 Å². The first-order chi connectivity index (χ1) is 12.8. The number of carbonyl (C=O) groups is 2. The highest BCUT2D eigenvalue weighted by Crippen LogP contribution is 2.22. The largest absolute Gasteiger partial charge is 0.346 e. The van der Waals surface area contributed by atoms with Gasteiger partial charge in [0.05, 0.1) is 5.56 Å². The zero-order chi connectivity index (χ0) is 19.7. The van der Waals surface area contributed by atoms with Crippen LogP contribution in [0.1, 0.15) is 52.0 Å². The lowest BCUT2D eigenvalue weighted by molar-refractivity contribution is 0.0534. The lowest BCUT2D eigenvalue weighted by Gasteiger charge is -2.35. The van der Waals surface area contributed by atoms with Crippen LogP contribution in [0.2, 0.25) is 0 Å². The minimum absolute atomic E-state index is 0.00727. The smallest absolute Gasteiger partial charge is 0.255 e. The van der Waals surface area contributed by atoms with Gasteiger partial charge in [0.2, 0.25) is 0 Å². The maximum atomic E-state index is 13.4. The molecule has 3 rings (SSSR count). The second-order valence-electron chi connectivity index (χ2n) is 7.34. The average Bonchev–Trinajstić information content (AvgIpc) is 2.95. The Morgan fingerprint density at radius 3 is 2.07 bits per heavy atom. The van der Waals surface area contributed by atoms with E-state index in [1.165, 1.54) is 18.2 Å². The van der Waals surface area contributed by atoms with Crippen molar-refractivity contribution in [1.82, 2.24) is 14.4 Å². The van der Waals surface area contributed by atoms with Crippen LogP contribution in [0.3, 0.4) is 0 Å². The molecule has 0 spiro atoms. The van der Waals surface area contributed by atoms with Crippen molar-refractivity contribution in [2.45, 2.75) is 33.7 Å². The number of rotatable bonds is 3. The van der Waals surface area contributed by atoms with Gasteiger partial charge in [-0.3, -0.25) is 9.59 Å². The highest BCUT2D eigenvalue weighted by atomic mass is 19.1. The molecule has 0 atom stereocenters. The molecule has 0 N–H and O–H groups in total. The van der Waals surface area contributed by atoms with Gasteiger partial charge in [-0.15, -0.1) is 0 Å². The molecule has 1 fully saturated rings. The summed E-state index contributed by atoms with van der Waals surface area (Å²) in [5.41, 5.74) is 3.12. The van der Waals surface area contributed by atoms with Crippen LogP contribution in [0.15, 0.2) is 30.3 Å². The van der Waals surface area contributed by atoms with Crippen LogP contribution >= 0.6 is 0 Å². The molecule has 144 valence electrons. The molecule has 0 aliphatic carbocycles. The van der Waals surface area contributed by atoms with Gasteiger partial charge in [0.25, 0.3) is 11.8 Å². The van der Waals surface area contributed by atoms with Crippen molar-refractivity contribution in [3.05, 3.63) is 58.7 Å². The van der Waals surface area contributed by atoms with Gasteiger partial charge in [-0.25, -0.2) is 4.39 Å². The van der Waals surface area contributed by atoms with Crippen molar-refractivity contribution in [1.29, 1.82) is 0 Å². The van der Waals surface area contributed by atoms with E-state index in [4.69, 9.17) is 0 Å². The molecule has 0 bridgehead atoms. The maximum Gasteiger partial charge on any atom is 0.255 e. The number of halogens is 1. The Bertz CT molecular complexity index is 864. The minimum atomic E-state index is -0.421. The quantitative estimate of drug-likeness (QED) is 0.830. The molecule has 2 amide bonds. The van der Waals surface area contributed by atoms with E-state index in [-0.39, 0.29) is 11.8 Å². The summed E-state index contributed by atoms with van der Waals surface area (Å²) in [7, 11) is 0. The van der Waals surface area contributed by atoms with Crippen LogP contribution in [0.25, 0.3) is 0 Å². The average molecular weight is 371 g/mol. The first-order valence-electron chi connectivity index (χ1n) is 9.32. The van der Waals surface area contributed by atoms with Gasteiger partial charge in [-0.2, -0.15) is 0 Å². The first kappa shape index (κ1) is 19.1. The molecule has 1 aliphatic rings. The van der Waals surface area contributed by atoms with Crippen molar-refractivity contribution >= 4 is 11.8 Å². The number of aryl methyl sites for hydroxylation is 1. The Kier molecular flexibility index (Phi) is 5.35. The third-order valence-corrected chi connectivity index (χ3v) is 5.16. The highest BCUT2D eigenvalue weighted by molar-refractivity contribution is 5.97. The molecule has 5 nitrogen and oxygen atoms in total. The number of hydrogen-bond donors (Lipinski definition) is 0.